The first-order valence-electron chi connectivity index (χ1n) is 11.3. The van der Waals surface area contributed by atoms with Gasteiger partial charge in [0.15, 0.2) is 0 Å². The van der Waals surface area contributed by atoms with Crippen molar-refractivity contribution in [3.8, 4) is 5.75 Å². The first kappa shape index (κ1) is 23.8. The lowest BCUT2D eigenvalue weighted by atomic mass is 10.1. The van der Waals surface area contributed by atoms with Crippen molar-refractivity contribution < 1.29 is 17.9 Å². The van der Waals surface area contributed by atoms with E-state index >= 15 is 0 Å². The van der Waals surface area contributed by atoms with Gasteiger partial charge in [0.1, 0.15) is 17.6 Å². The Balaban J connectivity index is 1.57. The number of nitrogens with zero attached hydrogens (tertiary/aromatic N) is 2. The van der Waals surface area contributed by atoms with E-state index in [-0.39, 0.29) is 16.6 Å². The SMILES string of the molecule is CCCCC(N=C1NS(=O)(=O)c2ccccc21)C(=O)N(C)Cc1ccc2cc(OC)ccc2c1. The summed E-state index contributed by atoms with van der Waals surface area (Å²) in [5, 5.41) is 2.13. The number of ether oxygens (including phenoxy) is 1. The standard InChI is InChI=1S/C26H29N3O4S/c1-4-5-9-23(27-25-22-8-6-7-10-24(22)34(31,32)28-25)26(30)29(2)17-18-11-12-20-16-21(33-3)14-13-19(20)15-18/h6-8,10-16,23H,4-5,9,17H2,1-3H3,(H,27,28). The molecule has 0 saturated carbocycles. The third kappa shape index (κ3) is 4.92. The highest BCUT2D eigenvalue weighted by molar-refractivity contribution is 7.90. The monoisotopic (exact) mass is 479 g/mol. The fourth-order valence-electron chi connectivity index (χ4n) is 4.13. The van der Waals surface area contributed by atoms with E-state index in [0.717, 1.165) is 34.9 Å². The van der Waals surface area contributed by atoms with E-state index in [2.05, 4.69) is 22.7 Å². The van der Waals surface area contributed by atoms with Gasteiger partial charge in [-0.25, -0.2) is 8.42 Å². The van der Waals surface area contributed by atoms with Crippen LogP contribution in [-0.4, -0.2) is 45.3 Å². The van der Waals surface area contributed by atoms with E-state index in [1.54, 1.807) is 43.3 Å². The third-order valence-corrected chi connectivity index (χ3v) is 7.37. The van der Waals surface area contributed by atoms with Gasteiger partial charge in [0.05, 0.1) is 12.0 Å². The lowest BCUT2D eigenvalue weighted by molar-refractivity contribution is -0.131. The van der Waals surface area contributed by atoms with E-state index in [9.17, 15) is 13.2 Å². The van der Waals surface area contributed by atoms with E-state index in [1.807, 2.05) is 30.3 Å². The number of carbonyl (C=O) groups is 1. The summed E-state index contributed by atoms with van der Waals surface area (Å²) in [5.41, 5.74) is 1.51. The number of benzene rings is 3. The number of amides is 1. The maximum atomic E-state index is 13.4. The smallest absolute Gasteiger partial charge is 0.263 e. The molecule has 1 aliphatic rings. The second-order valence-corrected chi connectivity index (χ2v) is 10.1. The van der Waals surface area contributed by atoms with Crippen LogP contribution in [0.2, 0.25) is 0 Å². The van der Waals surface area contributed by atoms with Crippen LogP contribution in [0.5, 0.6) is 5.75 Å². The van der Waals surface area contributed by atoms with Crippen LogP contribution in [-0.2, 0) is 21.4 Å². The predicted molar refractivity (Wildman–Crippen MR) is 134 cm³/mol. The maximum absolute atomic E-state index is 13.4. The summed E-state index contributed by atoms with van der Waals surface area (Å²) in [6.07, 6.45) is 2.27. The first-order valence-corrected chi connectivity index (χ1v) is 12.8. The van der Waals surface area contributed by atoms with Gasteiger partial charge in [0, 0.05) is 19.2 Å². The number of hydrogen-bond donors (Lipinski definition) is 1. The number of hydrogen-bond acceptors (Lipinski definition) is 5. The van der Waals surface area contributed by atoms with Crippen molar-refractivity contribution >= 4 is 32.5 Å². The molecular weight excluding hydrogens is 450 g/mol. The number of methoxy groups -OCH3 is 1. The molecule has 3 aromatic carbocycles. The van der Waals surface area contributed by atoms with Crippen molar-refractivity contribution in [3.63, 3.8) is 0 Å². The van der Waals surface area contributed by atoms with E-state index in [1.165, 1.54) is 0 Å². The quantitative estimate of drug-likeness (QED) is 0.527. The van der Waals surface area contributed by atoms with Crippen molar-refractivity contribution in [2.75, 3.05) is 14.2 Å². The van der Waals surface area contributed by atoms with Gasteiger partial charge in [0.2, 0.25) is 5.91 Å². The molecule has 0 aliphatic carbocycles. The second-order valence-electron chi connectivity index (χ2n) is 8.48. The molecule has 1 amide bonds. The Morgan fingerprint density at radius 1 is 1.09 bits per heavy atom. The zero-order valence-corrected chi connectivity index (χ0v) is 20.4. The number of rotatable bonds is 8. The summed E-state index contributed by atoms with van der Waals surface area (Å²) in [6.45, 7) is 2.48. The number of sulfonamides is 1. The molecule has 0 radical (unpaired) electrons. The van der Waals surface area contributed by atoms with E-state index < -0.39 is 16.1 Å². The van der Waals surface area contributed by atoms with Crippen molar-refractivity contribution in [1.29, 1.82) is 0 Å². The second kappa shape index (κ2) is 9.85. The van der Waals surface area contributed by atoms with Gasteiger partial charge in [0.25, 0.3) is 10.0 Å². The van der Waals surface area contributed by atoms with Crippen molar-refractivity contribution in [1.82, 2.24) is 9.62 Å². The normalized spacial score (nSPS) is 16.1. The van der Waals surface area contributed by atoms with Gasteiger partial charge in [-0.2, -0.15) is 0 Å². The predicted octanol–water partition coefficient (Wildman–Crippen LogP) is 4.10. The molecule has 4 rings (SSSR count). The summed E-state index contributed by atoms with van der Waals surface area (Å²) in [4.78, 5) is 19.8. The Labute approximate surface area is 200 Å². The lowest BCUT2D eigenvalue weighted by Crippen LogP contribution is -2.36. The number of likely N-dealkylation sites (N-methyl/N-ethyl adjacent to an activating group) is 1. The summed E-state index contributed by atoms with van der Waals surface area (Å²) in [6, 6.07) is 18.0. The fourth-order valence-corrected chi connectivity index (χ4v) is 5.37. The minimum absolute atomic E-state index is 0.139. The molecule has 1 N–H and O–H groups in total. The Hall–Kier alpha value is -3.39. The molecule has 0 saturated heterocycles. The maximum Gasteiger partial charge on any atom is 0.263 e. The largest absolute Gasteiger partial charge is 0.497 e. The fraction of sp³-hybridized carbons (Fsp3) is 0.308. The molecule has 1 unspecified atom stereocenters. The first-order chi connectivity index (χ1) is 16.3. The zero-order valence-electron chi connectivity index (χ0n) is 19.6. The minimum atomic E-state index is -3.66. The molecule has 1 heterocycles. The van der Waals surface area contributed by atoms with Crippen LogP contribution in [0.25, 0.3) is 10.8 Å². The van der Waals surface area contributed by atoms with Gasteiger partial charge >= 0.3 is 0 Å². The van der Waals surface area contributed by atoms with Gasteiger partial charge in [-0.3, -0.25) is 14.5 Å². The Morgan fingerprint density at radius 2 is 1.82 bits per heavy atom. The van der Waals surface area contributed by atoms with Crippen molar-refractivity contribution in [2.24, 2.45) is 4.99 Å². The van der Waals surface area contributed by atoms with Crippen LogP contribution in [0.4, 0.5) is 0 Å². The molecule has 7 nitrogen and oxygen atoms in total. The number of fused-ring (bicyclic) bond motifs is 2. The minimum Gasteiger partial charge on any atom is -0.497 e. The molecule has 1 aliphatic heterocycles. The van der Waals surface area contributed by atoms with Crippen LogP contribution in [0.1, 0.15) is 37.3 Å². The van der Waals surface area contributed by atoms with Crippen LogP contribution in [0.3, 0.4) is 0 Å². The highest BCUT2D eigenvalue weighted by Crippen LogP contribution is 2.25. The van der Waals surface area contributed by atoms with Crippen LogP contribution in [0.15, 0.2) is 70.6 Å². The van der Waals surface area contributed by atoms with Crippen LogP contribution >= 0.6 is 0 Å². The molecule has 34 heavy (non-hydrogen) atoms. The summed E-state index contributed by atoms with van der Waals surface area (Å²) >= 11 is 0. The van der Waals surface area contributed by atoms with Crippen molar-refractivity contribution in [3.05, 3.63) is 71.8 Å². The number of amidine groups is 1. The molecule has 8 heteroatoms. The molecule has 1 atom stereocenters. The van der Waals surface area contributed by atoms with Gasteiger partial charge in [-0.1, -0.05) is 50.1 Å². The molecule has 178 valence electrons. The molecule has 0 bridgehead atoms. The number of carbonyl (C=O) groups excluding carboxylic acids is 1. The lowest BCUT2D eigenvalue weighted by Gasteiger charge is -2.22. The number of unbranched alkanes of at least 4 members (excludes halogenated alkanes) is 1. The highest BCUT2D eigenvalue weighted by Gasteiger charge is 2.32. The summed E-state index contributed by atoms with van der Waals surface area (Å²) in [7, 11) is -0.257. The molecule has 0 fully saturated rings. The van der Waals surface area contributed by atoms with Crippen LogP contribution < -0.4 is 9.46 Å². The summed E-state index contributed by atoms with van der Waals surface area (Å²) < 4.78 is 32.7. The van der Waals surface area contributed by atoms with E-state index in [0.29, 0.717) is 18.5 Å². The third-order valence-electron chi connectivity index (χ3n) is 5.97. The van der Waals surface area contributed by atoms with Crippen molar-refractivity contribution in [2.45, 2.75) is 43.7 Å². The van der Waals surface area contributed by atoms with Gasteiger partial charge in [-0.15, -0.1) is 0 Å². The van der Waals surface area contributed by atoms with Gasteiger partial charge < -0.3 is 9.64 Å². The molecule has 0 aromatic heterocycles. The topological polar surface area (TPSA) is 88.1 Å². The average Bonchev–Trinajstić information content (AvgIpc) is 3.10. The Bertz CT molecular complexity index is 1350. The highest BCUT2D eigenvalue weighted by atomic mass is 32.2. The molecular formula is C26H29N3O4S. The number of nitrogens with one attached hydrogen (secondary N) is 1. The molecule has 0 spiro atoms. The average molecular weight is 480 g/mol. The van der Waals surface area contributed by atoms with Gasteiger partial charge in [-0.05, 0) is 53.1 Å². The van der Waals surface area contributed by atoms with E-state index in [4.69, 9.17) is 4.74 Å². The zero-order chi connectivity index (χ0) is 24.3. The Morgan fingerprint density at radius 3 is 2.59 bits per heavy atom. The summed E-state index contributed by atoms with van der Waals surface area (Å²) in [5.74, 6) is 0.895. The molecule has 3 aromatic rings. The Kier molecular flexibility index (Phi) is 6.88. The number of aliphatic imine (C=N–C) groups is 1. The van der Waals surface area contributed by atoms with Crippen LogP contribution in [0, 0.1) is 0 Å².